The third-order valence-electron chi connectivity index (χ3n) is 5.58. The zero-order chi connectivity index (χ0) is 22.4. The van der Waals surface area contributed by atoms with Crippen molar-refractivity contribution in [2.75, 3.05) is 25.5 Å². The standard InChI is InChI=1S/C23H27F3N2O3/c1-31-20-6-2-5-17(22(20)30)15-28-13-3-4-16(14-28)7-12-21(29)27-19-10-8-18(9-11-19)23(24,25)26/h2,5-6,8-11,16,30H,3-4,7,12-15H2,1H3,(H,27,29)/t16-/m1/s1. The van der Waals surface area contributed by atoms with Crippen LogP contribution in [0, 0.1) is 5.92 Å². The third kappa shape index (κ3) is 6.37. The van der Waals surface area contributed by atoms with E-state index < -0.39 is 11.7 Å². The van der Waals surface area contributed by atoms with Crippen LogP contribution in [-0.4, -0.2) is 36.1 Å². The van der Waals surface area contributed by atoms with Gasteiger partial charge in [0.05, 0.1) is 12.7 Å². The monoisotopic (exact) mass is 436 g/mol. The van der Waals surface area contributed by atoms with Gasteiger partial charge in [-0.1, -0.05) is 12.1 Å². The zero-order valence-corrected chi connectivity index (χ0v) is 17.4. The van der Waals surface area contributed by atoms with E-state index in [0.717, 1.165) is 43.6 Å². The predicted octanol–water partition coefficient (Wildman–Crippen LogP) is 5.05. The van der Waals surface area contributed by atoms with Gasteiger partial charge in [-0.2, -0.15) is 13.2 Å². The van der Waals surface area contributed by atoms with E-state index in [1.165, 1.54) is 19.2 Å². The molecule has 0 bridgehead atoms. The molecule has 3 rings (SSSR count). The molecule has 1 aliphatic rings. The maximum atomic E-state index is 12.6. The number of rotatable bonds is 7. The van der Waals surface area contributed by atoms with Crippen molar-refractivity contribution >= 4 is 11.6 Å². The molecule has 1 saturated heterocycles. The van der Waals surface area contributed by atoms with Crippen LogP contribution in [0.3, 0.4) is 0 Å². The van der Waals surface area contributed by atoms with E-state index in [0.29, 0.717) is 36.7 Å². The summed E-state index contributed by atoms with van der Waals surface area (Å²) in [6.07, 6.45) is -1.35. The van der Waals surface area contributed by atoms with Crippen LogP contribution >= 0.6 is 0 Å². The third-order valence-corrected chi connectivity index (χ3v) is 5.58. The average molecular weight is 436 g/mol. The zero-order valence-electron chi connectivity index (χ0n) is 17.4. The minimum absolute atomic E-state index is 0.156. The minimum atomic E-state index is -4.39. The van der Waals surface area contributed by atoms with E-state index in [9.17, 15) is 23.1 Å². The fraction of sp³-hybridized carbons (Fsp3) is 0.435. The van der Waals surface area contributed by atoms with Crippen LogP contribution in [0.5, 0.6) is 11.5 Å². The largest absolute Gasteiger partial charge is 0.504 e. The Morgan fingerprint density at radius 2 is 1.97 bits per heavy atom. The Labute approximate surface area is 179 Å². The number of likely N-dealkylation sites (tertiary alicyclic amines) is 1. The molecule has 0 aromatic heterocycles. The molecular weight excluding hydrogens is 409 g/mol. The first-order chi connectivity index (χ1) is 14.8. The molecule has 2 aromatic rings. The van der Waals surface area contributed by atoms with Crippen LogP contribution in [-0.2, 0) is 17.5 Å². The lowest BCUT2D eigenvalue weighted by Gasteiger charge is -2.33. The van der Waals surface area contributed by atoms with Crippen LogP contribution < -0.4 is 10.1 Å². The second kappa shape index (κ2) is 10.0. The van der Waals surface area contributed by atoms with Crippen molar-refractivity contribution in [1.29, 1.82) is 0 Å². The maximum absolute atomic E-state index is 12.6. The quantitative estimate of drug-likeness (QED) is 0.638. The molecule has 2 aromatic carbocycles. The van der Waals surface area contributed by atoms with E-state index in [4.69, 9.17) is 4.74 Å². The second-order valence-corrected chi connectivity index (χ2v) is 7.87. The number of nitrogens with zero attached hydrogens (tertiary/aromatic N) is 1. The highest BCUT2D eigenvalue weighted by molar-refractivity contribution is 5.90. The smallest absolute Gasteiger partial charge is 0.416 e. The van der Waals surface area contributed by atoms with Gasteiger partial charge in [-0.3, -0.25) is 9.69 Å². The van der Waals surface area contributed by atoms with Crippen LogP contribution in [0.2, 0.25) is 0 Å². The summed E-state index contributed by atoms with van der Waals surface area (Å²) in [7, 11) is 1.52. The highest BCUT2D eigenvalue weighted by Crippen LogP contribution is 2.32. The molecule has 2 N–H and O–H groups in total. The molecule has 1 heterocycles. The van der Waals surface area contributed by atoms with Gasteiger partial charge in [0.25, 0.3) is 0 Å². The first kappa shape index (κ1) is 22.9. The van der Waals surface area contributed by atoms with E-state index in [1.54, 1.807) is 6.07 Å². The number of para-hydroxylation sites is 1. The van der Waals surface area contributed by atoms with Crippen molar-refractivity contribution < 1.29 is 27.8 Å². The van der Waals surface area contributed by atoms with E-state index >= 15 is 0 Å². The Bertz CT molecular complexity index is 885. The highest BCUT2D eigenvalue weighted by atomic mass is 19.4. The van der Waals surface area contributed by atoms with Gasteiger partial charge in [-0.15, -0.1) is 0 Å². The number of phenols is 1. The summed E-state index contributed by atoms with van der Waals surface area (Å²) >= 11 is 0. The Hall–Kier alpha value is -2.74. The molecule has 1 aliphatic heterocycles. The number of hydrogen-bond acceptors (Lipinski definition) is 4. The fourth-order valence-corrected chi connectivity index (χ4v) is 3.93. The van der Waals surface area contributed by atoms with Crippen molar-refractivity contribution in [2.24, 2.45) is 5.92 Å². The molecule has 0 spiro atoms. The number of halogens is 3. The van der Waals surface area contributed by atoms with Gasteiger partial charge >= 0.3 is 6.18 Å². The number of benzene rings is 2. The van der Waals surface area contributed by atoms with Gasteiger partial charge in [0.1, 0.15) is 0 Å². The van der Waals surface area contributed by atoms with E-state index in [-0.39, 0.29) is 11.7 Å². The lowest BCUT2D eigenvalue weighted by atomic mass is 9.93. The number of alkyl halides is 3. The fourth-order valence-electron chi connectivity index (χ4n) is 3.93. The summed E-state index contributed by atoms with van der Waals surface area (Å²) in [6.45, 7) is 2.35. The number of nitrogens with one attached hydrogen (secondary N) is 1. The summed E-state index contributed by atoms with van der Waals surface area (Å²) in [5.41, 5.74) is 0.423. The molecule has 1 atom stereocenters. The van der Waals surface area contributed by atoms with Crippen molar-refractivity contribution in [1.82, 2.24) is 4.90 Å². The van der Waals surface area contributed by atoms with Gasteiger partial charge in [-0.25, -0.2) is 0 Å². The number of methoxy groups -OCH3 is 1. The van der Waals surface area contributed by atoms with E-state index in [1.807, 2.05) is 12.1 Å². The van der Waals surface area contributed by atoms with Crippen molar-refractivity contribution in [3.8, 4) is 11.5 Å². The molecule has 1 fully saturated rings. The number of anilines is 1. The molecule has 0 saturated carbocycles. The number of ether oxygens (including phenoxy) is 1. The van der Waals surface area contributed by atoms with Gasteiger partial charge in [0.15, 0.2) is 11.5 Å². The number of amides is 1. The normalized spacial score (nSPS) is 17.4. The minimum Gasteiger partial charge on any atom is -0.504 e. The predicted molar refractivity (Wildman–Crippen MR) is 112 cm³/mol. The molecule has 0 radical (unpaired) electrons. The summed E-state index contributed by atoms with van der Waals surface area (Å²) < 4.78 is 43.0. The van der Waals surface area contributed by atoms with Gasteiger partial charge in [-0.05, 0) is 62.1 Å². The van der Waals surface area contributed by atoms with Crippen LogP contribution in [0.1, 0.15) is 36.8 Å². The topological polar surface area (TPSA) is 61.8 Å². The summed E-state index contributed by atoms with van der Waals surface area (Å²) in [4.78, 5) is 14.5. The van der Waals surface area contributed by atoms with Crippen molar-refractivity contribution in [3.63, 3.8) is 0 Å². The lowest BCUT2D eigenvalue weighted by molar-refractivity contribution is -0.137. The maximum Gasteiger partial charge on any atom is 0.416 e. The first-order valence-corrected chi connectivity index (χ1v) is 10.3. The molecular formula is C23H27F3N2O3. The second-order valence-electron chi connectivity index (χ2n) is 7.87. The van der Waals surface area contributed by atoms with E-state index in [2.05, 4.69) is 10.2 Å². The van der Waals surface area contributed by atoms with Crippen molar-refractivity contribution in [3.05, 3.63) is 53.6 Å². The van der Waals surface area contributed by atoms with Gasteiger partial charge < -0.3 is 15.2 Å². The molecule has 0 aliphatic carbocycles. The number of carbonyl (C=O) groups is 1. The number of phenolic OH excluding ortho intramolecular Hbond substituents is 1. The SMILES string of the molecule is COc1cccc(CN2CCC[C@H](CCC(=O)Nc3ccc(C(F)(F)F)cc3)C2)c1O. The Balaban J connectivity index is 1.48. The average Bonchev–Trinajstić information content (AvgIpc) is 2.74. The Morgan fingerprint density at radius 3 is 2.65 bits per heavy atom. The molecule has 168 valence electrons. The molecule has 31 heavy (non-hydrogen) atoms. The molecule has 1 amide bonds. The van der Waals surface area contributed by atoms with Crippen LogP contribution in [0.15, 0.2) is 42.5 Å². The first-order valence-electron chi connectivity index (χ1n) is 10.3. The Morgan fingerprint density at radius 1 is 1.23 bits per heavy atom. The molecule has 5 nitrogen and oxygen atoms in total. The number of piperidine rings is 1. The number of hydrogen-bond donors (Lipinski definition) is 2. The number of carbonyl (C=O) groups excluding carboxylic acids is 1. The number of aromatic hydroxyl groups is 1. The highest BCUT2D eigenvalue weighted by Gasteiger charge is 2.30. The summed E-state index contributed by atoms with van der Waals surface area (Å²) in [5, 5.41) is 13.0. The van der Waals surface area contributed by atoms with Crippen molar-refractivity contribution in [2.45, 2.75) is 38.4 Å². The van der Waals surface area contributed by atoms with Crippen LogP contribution in [0.4, 0.5) is 18.9 Å². The van der Waals surface area contributed by atoms with Crippen LogP contribution in [0.25, 0.3) is 0 Å². The van der Waals surface area contributed by atoms with Gasteiger partial charge in [0, 0.05) is 30.8 Å². The molecule has 0 unspecified atom stereocenters. The molecule has 8 heteroatoms. The summed E-state index contributed by atoms with van der Waals surface area (Å²) in [5.74, 6) is 0.746. The van der Waals surface area contributed by atoms with Gasteiger partial charge in [0.2, 0.25) is 5.91 Å². The lowest BCUT2D eigenvalue weighted by Crippen LogP contribution is -2.35. The Kier molecular flexibility index (Phi) is 7.43. The summed E-state index contributed by atoms with van der Waals surface area (Å²) in [6, 6.07) is 9.89.